The van der Waals surface area contributed by atoms with Crippen LogP contribution < -0.4 is 0 Å². The minimum Gasteiger partial charge on any atom is -0.373 e. The third-order valence-electron chi connectivity index (χ3n) is 5.21. The van der Waals surface area contributed by atoms with E-state index in [4.69, 9.17) is 4.74 Å². The SMILES string of the molecule is CC(OCc1cccc2ccccc12)C(C)(C)c1ccc([N+](=O)[O-])cc1. The summed E-state index contributed by atoms with van der Waals surface area (Å²) in [4.78, 5) is 10.5. The van der Waals surface area contributed by atoms with Crippen LogP contribution in [-0.2, 0) is 16.8 Å². The third kappa shape index (κ3) is 3.60. The maximum Gasteiger partial charge on any atom is 0.269 e. The largest absolute Gasteiger partial charge is 0.373 e. The van der Waals surface area contributed by atoms with Crippen LogP contribution in [0.15, 0.2) is 66.7 Å². The summed E-state index contributed by atoms with van der Waals surface area (Å²) in [7, 11) is 0. The van der Waals surface area contributed by atoms with Crippen molar-refractivity contribution in [3.8, 4) is 0 Å². The molecule has 0 saturated heterocycles. The zero-order valence-electron chi connectivity index (χ0n) is 15.3. The number of benzene rings is 3. The highest BCUT2D eigenvalue weighted by Crippen LogP contribution is 2.31. The minimum atomic E-state index is -0.378. The molecule has 0 bridgehead atoms. The summed E-state index contributed by atoms with van der Waals surface area (Å²) in [6.45, 7) is 6.77. The number of fused-ring (bicyclic) bond motifs is 1. The van der Waals surface area contributed by atoms with Crippen molar-refractivity contribution in [2.75, 3.05) is 0 Å². The van der Waals surface area contributed by atoms with Gasteiger partial charge in [0.15, 0.2) is 0 Å². The van der Waals surface area contributed by atoms with Crippen molar-refractivity contribution >= 4 is 16.5 Å². The van der Waals surface area contributed by atoms with Crippen LogP contribution in [0.3, 0.4) is 0 Å². The van der Waals surface area contributed by atoms with Crippen molar-refractivity contribution in [2.24, 2.45) is 0 Å². The lowest BCUT2D eigenvalue weighted by atomic mass is 9.80. The average molecular weight is 349 g/mol. The number of rotatable bonds is 6. The van der Waals surface area contributed by atoms with Crippen LogP contribution >= 0.6 is 0 Å². The van der Waals surface area contributed by atoms with E-state index in [1.54, 1.807) is 12.1 Å². The second-order valence-corrected chi connectivity index (χ2v) is 7.12. The molecule has 0 fully saturated rings. The zero-order valence-corrected chi connectivity index (χ0v) is 15.3. The molecule has 0 N–H and O–H groups in total. The van der Waals surface area contributed by atoms with Gasteiger partial charge in [-0.25, -0.2) is 0 Å². The van der Waals surface area contributed by atoms with Crippen LogP contribution in [0.25, 0.3) is 10.8 Å². The summed E-state index contributed by atoms with van der Waals surface area (Å²) in [5.41, 5.74) is 2.02. The summed E-state index contributed by atoms with van der Waals surface area (Å²) in [6.07, 6.45) is -0.0528. The molecule has 0 radical (unpaired) electrons. The fourth-order valence-corrected chi connectivity index (χ4v) is 3.09. The minimum absolute atomic E-state index is 0.0528. The number of hydrogen-bond donors (Lipinski definition) is 0. The predicted molar refractivity (Wildman–Crippen MR) is 104 cm³/mol. The van der Waals surface area contributed by atoms with E-state index in [0.29, 0.717) is 6.61 Å². The van der Waals surface area contributed by atoms with Gasteiger partial charge in [0.05, 0.1) is 17.6 Å². The summed E-state index contributed by atoms with van der Waals surface area (Å²) in [6, 6.07) is 21.3. The molecule has 4 nitrogen and oxygen atoms in total. The van der Waals surface area contributed by atoms with Gasteiger partial charge < -0.3 is 4.74 Å². The highest BCUT2D eigenvalue weighted by Gasteiger charge is 2.29. The zero-order chi connectivity index (χ0) is 18.7. The van der Waals surface area contributed by atoms with Crippen molar-refractivity contribution in [1.29, 1.82) is 0 Å². The van der Waals surface area contributed by atoms with Crippen LogP contribution in [0.2, 0.25) is 0 Å². The Morgan fingerprint density at radius 1 is 1.00 bits per heavy atom. The van der Waals surface area contributed by atoms with E-state index in [9.17, 15) is 10.1 Å². The molecule has 0 saturated carbocycles. The molecular weight excluding hydrogens is 326 g/mol. The van der Waals surface area contributed by atoms with E-state index in [0.717, 1.165) is 11.1 Å². The van der Waals surface area contributed by atoms with E-state index in [1.165, 1.54) is 10.8 Å². The van der Waals surface area contributed by atoms with Gasteiger partial charge in [0, 0.05) is 17.5 Å². The first-order valence-electron chi connectivity index (χ1n) is 8.73. The molecule has 3 rings (SSSR count). The molecule has 0 spiro atoms. The van der Waals surface area contributed by atoms with Gasteiger partial charge in [0.25, 0.3) is 5.69 Å². The topological polar surface area (TPSA) is 52.4 Å². The van der Waals surface area contributed by atoms with Gasteiger partial charge >= 0.3 is 0 Å². The summed E-state index contributed by atoms with van der Waals surface area (Å²) in [5.74, 6) is 0. The number of hydrogen-bond acceptors (Lipinski definition) is 3. The summed E-state index contributed by atoms with van der Waals surface area (Å²) in [5, 5.41) is 13.3. The third-order valence-corrected chi connectivity index (χ3v) is 5.21. The Labute approximate surface area is 153 Å². The molecule has 0 amide bonds. The number of nitro groups is 1. The monoisotopic (exact) mass is 349 g/mol. The van der Waals surface area contributed by atoms with Crippen LogP contribution in [-0.4, -0.2) is 11.0 Å². The maximum absolute atomic E-state index is 10.8. The maximum atomic E-state index is 10.8. The standard InChI is InChI=1S/C22H23NO3/c1-16(22(2,3)19-11-13-20(14-12-19)23(24)25)26-15-18-9-6-8-17-7-4-5-10-21(17)18/h4-14,16H,15H2,1-3H3. The smallest absolute Gasteiger partial charge is 0.269 e. The van der Waals surface area contributed by atoms with Gasteiger partial charge in [-0.1, -0.05) is 68.4 Å². The van der Waals surface area contributed by atoms with Gasteiger partial charge in [-0.05, 0) is 28.8 Å². The quantitative estimate of drug-likeness (QED) is 0.428. The molecule has 134 valence electrons. The summed E-state index contributed by atoms with van der Waals surface area (Å²) < 4.78 is 6.20. The molecule has 3 aromatic rings. The Hall–Kier alpha value is -2.72. The molecule has 0 heterocycles. The molecule has 0 aromatic heterocycles. The van der Waals surface area contributed by atoms with Gasteiger partial charge in [-0.3, -0.25) is 10.1 Å². The first-order chi connectivity index (χ1) is 12.4. The van der Waals surface area contributed by atoms with E-state index in [2.05, 4.69) is 38.1 Å². The lowest BCUT2D eigenvalue weighted by molar-refractivity contribution is -0.384. The van der Waals surface area contributed by atoms with Crippen LogP contribution in [0.1, 0.15) is 31.9 Å². The van der Waals surface area contributed by atoms with Crippen molar-refractivity contribution in [1.82, 2.24) is 0 Å². The molecule has 4 heteroatoms. The number of non-ortho nitro benzene ring substituents is 1. The van der Waals surface area contributed by atoms with Gasteiger partial charge in [0.1, 0.15) is 0 Å². The first-order valence-corrected chi connectivity index (χ1v) is 8.73. The number of nitro benzene ring substituents is 1. The molecule has 3 aromatic carbocycles. The molecular formula is C22H23NO3. The molecule has 0 aliphatic carbocycles. The molecule has 1 unspecified atom stereocenters. The molecule has 0 aliphatic heterocycles. The van der Waals surface area contributed by atoms with Crippen LogP contribution in [0.5, 0.6) is 0 Å². The number of ether oxygens (including phenoxy) is 1. The fourth-order valence-electron chi connectivity index (χ4n) is 3.09. The first kappa shape index (κ1) is 18.1. The average Bonchev–Trinajstić information content (AvgIpc) is 2.66. The second-order valence-electron chi connectivity index (χ2n) is 7.12. The van der Waals surface area contributed by atoms with Crippen LogP contribution in [0, 0.1) is 10.1 Å². The van der Waals surface area contributed by atoms with Gasteiger partial charge in [0.2, 0.25) is 0 Å². The van der Waals surface area contributed by atoms with Crippen molar-refractivity contribution in [3.05, 3.63) is 88.0 Å². The normalized spacial score (nSPS) is 12.9. The van der Waals surface area contributed by atoms with Crippen molar-refractivity contribution in [2.45, 2.75) is 38.9 Å². The van der Waals surface area contributed by atoms with Gasteiger partial charge in [-0.2, -0.15) is 0 Å². The Morgan fingerprint density at radius 2 is 1.65 bits per heavy atom. The second kappa shape index (κ2) is 7.26. The highest BCUT2D eigenvalue weighted by molar-refractivity contribution is 5.85. The Kier molecular flexibility index (Phi) is 5.05. The Balaban J connectivity index is 1.75. The lowest BCUT2D eigenvalue weighted by Gasteiger charge is -2.32. The fraction of sp³-hybridized carbons (Fsp3) is 0.273. The van der Waals surface area contributed by atoms with E-state index in [-0.39, 0.29) is 22.1 Å². The van der Waals surface area contributed by atoms with E-state index >= 15 is 0 Å². The van der Waals surface area contributed by atoms with E-state index < -0.39 is 0 Å². The molecule has 26 heavy (non-hydrogen) atoms. The summed E-state index contributed by atoms with van der Waals surface area (Å²) >= 11 is 0. The number of nitrogens with zero attached hydrogens (tertiary/aromatic N) is 1. The highest BCUT2D eigenvalue weighted by atomic mass is 16.6. The van der Waals surface area contributed by atoms with Crippen molar-refractivity contribution < 1.29 is 9.66 Å². The predicted octanol–water partition coefficient (Wildman–Crippen LogP) is 5.63. The molecule has 1 atom stereocenters. The lowest BCUT2D eigenvalue weighted by Crippen LogP contribution is -2.33. The van der Waals surface area contributed by atoms with Crippen LogP contribution in [0.4, 0.5) is 5.69 Å². The van der Waals surface area contributed by atoms with Crippen molar-refractivity contribution in [3.63, 3.8) is 0 Å². The Bertz CT molecular complexity index is 911. The molecule has 0 aliphatic rings. The van der Waals surface area contributed by atoms with Gasteiger partial charge in [-0.15, -0.1) is 0 Å². The van der Waals surface area contributed by atoms with E-state index in [1.807, 2.05) is 37.3 Å². The Morgan fingerprint density at radius 3 is 2.35 bits per heavy atom.